The summed E-state index contributed by atoms with van der Waals surface area (Å²) in [6.45, 7) is 4.11. The number of esters is 2. The molecule has 0 radical (unpaired) electrons. The van der Waals surface area contributed by atoms with Crippen LogP contribution in [-0.4, -0.2) is 22.7 Å². The van der Waals surface area contributed by atoms with Crippen LogP contribution >= 0.6 is 22.6 Å². The average Bonchev–Trinajstić information content (AvgIpc) is 2.45. The van der Waals surface area contributed by atoms with Crippen LogP contribution in [-0.2, 0) is 20.7 Å². The molecule has 0 heterocycles. The van der Waals surface area contributed by atoms with Crippen LogP contribution in [0.25, 0.3) is 0 Å². The molecule has 110 valence electrons. The molecule has 0 N–H and O–H groups in total. The molecule has 1 atom stereocenters. The Bertz CT molecular complexity index is 442. The van der Waals surface area contributed by atoms with Crippen molar-refractivity contribution in [1.82, 2.24) is 0 Å². The first-order valence-electron chi connectivity index (χ1n) is 6.69. The van der Waals surface area contributed by atoms with Crippen molar-refractivity contribution in [3.63, 3.8) is 0 Å². The molecule has 0 saturated heterocycles. The van der Waals surface area contributed by atoms with Gasteiger partial charge in [0.1, 0.15) is 0 Å². The highest BCUT2D eigenvalue weighted by atomic mass is 127. The lowest BCUT2D eigenvalue weighted by molar-refractivity contribution is -0.147. The molecule has 5 heteroatoms. The molecule has 0 spiro atoms. The Labute approximate surface area is 133 Å². The maximum atomic E-state index is 11.9. The van der Waals surface area contributed by atoms with Crippen molar-refractivity contribution in [2.24, 2.45) is 0 Å². The summed E-state index contributed by atoms with van der Waals surface area (Å²) in [4.78, 5) is 23.2. The maximum Gasteiger partial charge on any atom is 0.357 e. The number of benzene rings is 1. The predicted octanol–water partition coefficient (Wildman–Crippen LogP) is 3.51. The predicted molar refractivity (Wildman–Crippen MR) is 84.9 cm³/mol. The van der Waals surface area contributed by atoms with Crippen LogP contribution in [0.4, 0.5) is 0 Å². The number of halogens is 1. The molecule has 0 aliphatic rings. The molecular weight excluding hydrogens is 371 g/mol. The van der Waals surface area contributed by atoms with E-state index in [4.69, 9.17) is 9.47 Å². The van der Waals surface area contributed by atoms with Crippen LogP contribution in [0.2, 0.25) is 0 Å². The Morgan fingerprint density at radius 1 is 1.20 bits per heavy atom. The highest BCUT2D eigenvalue weighted by molar-refractivity contribution is 14.1. The Balaban J connectivity index is 2.57. The van der Waals surface area contributed by atoms with E-state index in [9.17, 15) is 9.59 Å². The first kappa shape index (κ1) is 16.9. The summed E-state index contributed by atoms with van der Waals surface area (Å²) in [6, 6.07) is 7.28. The first-order valence-corrected chi connectivity index (χ1v) is 7.93. The fourth-order valence-corrected chi connectivity index (χ4v) is 2.02. The molecule has 1 aromatic rings. The number of hydrogen-bond acceptors (Lipinski definition) is 4. The van der Waals surface area contributed by atoms with Gasteiger partial charge in [0.15, 0.2) is 0 Å². The van der Waals surface area contributed by atoms with Gasteiger partial charge in [0, 0.05) is 0 Å². The highest BCUT2D eigenvalue weighted by Crippen LogP contribution is 2.12. The Kier molecular flexibility index (Phi) is 7.58. The number of alkyl halides is 1. The molecule has 20 heavy (non-hydrogen) atoms. The summed E-state index contributed by atoms with van der Waals surface area (Å²) in [5.41, 5.74) is 1.64. The molecule has 0 aliphatic heterocycles. The van der Waals surface area contributed by atoms with Crippen molar-refractivity contribution in [3.05, 3.63) is 35.4 Å². The van der Waals surface area contributed by atoms with Crippen molar-refractivity contribution >= 4 is 34.5 Å². The smallest absolute Gasteiger partial charge is 0.357 e. The second-order valence-corrected chi connectivity index (χ2v) is 5.41. The largest absolute Gasteiger partial charge is 0.463 e. The zero-order valence-corrected chi connectivity index (χ0v) is 13.9. The van der Waals surface area contributed by atoms with Gasteiger partial charge in [0.25, 0.3) is 0 Å². The van der Waals surface area contributed by atoms with Gasteiger partial charge in [-0.2, -0.15) is 0 Å². The number of carbonyl (C=O) groups is 2. The minimum absolute atomic E-state index is 0.266. The van der Waals surface area contributed by atoms with Crippen molar-refractivity contribution < 1.29 is 19.1 Å². The molecule has 1 rings (SSSR count). The fourth-order valence-electron chi connectivity index (χ4n) is 1.61. The zero-order valence-electron chi connectivity index (χ0n) is 11.7. The molecule has 1 aromatic carbocycles. The van der Waals surface area contributed by atoms with Gasteiger partial charge in [-0.1, -0.05) is 25.5 Å². The summed E-state index contributed by atoms with van der Waals surface area (Å²) >= 11 is 1.74. The van der Waals surface area contributed by atoms with Gasteiger partial charge in [0.2, 0.25) is 4.11 Å². The standard InChI is InChI=1S/C15H19IO4/c1-3-5-6-11-7-9-12(10-8-11)14(17)20-13(16)15(18)19-4-2/h7-10,13H,3-6H2,1-2H3. The van der Waals surface area contributed by atoms with E-state index in [-0.39, 0.29) is 6.61 Å². The van der Waals surface area contributed by atoms with Crippen LogP contribution in [0.3, 0.4) is 0 Å². The van der Waals surface area contributed by atoms with Crippen molar-refractivity contribution in [2.45, 2.75) is 37.2 Å². The van der Waals surface area contributed by atoms with Gasteiger partial charge in [-0.3, -0.25) is 0 Å². The number of hydrogen-bond donors (Lipinski definition) is 0. The summed E-state index contributed by atoms with van der Waals surface area (Å²) in [5.74, 6) is -1.06. The third-order valence-corrected chi connectivity index (χ3v) is 3.45. The number of rotatable bonds is 7. The summed E-state index contributed by atoms with van der Waals surface area (Å²) < 4.78 is 8.91. The number of carbonyl (C=O) groups excluding carboxylic acids is 2. The zero-order chi connectivity index (χ0) is 15.0. The lowest BCUT2D eigenvalue weighted by Crippen LogP contribution is -2.23. The van der Waals surface area contributed by atoms with E-state index in [2.05, 4.69) is 6.92 Å². The number of ether oxygens (including phenoxy) is 2. The van der Waals surface area contributed by atoms with Crippen LogP contribution in [0.5, 0.6) is 0 Å². The van der Waals surface area contributed by atoms with Crippen molar-refractivity contribution in [2.75, 3.05) is 6.61 Å². The minimum atomic E-state index is -0.917. The monoisotopic (exact) mass is 390 g/mol. The molecule has 0 bridgehead atoms. The maximum absolute atomic E-state index is 11.9. The first-order chi connectivity index (χ1) is 9.58. The van der Waals surface area contributed by atoms with Gasteiger partial charge in [-0.25, -0.2) is 9.59 Å². The third-order valence-electron chi connectivity index (χ3n) is 2.69. The van der Waals surface area contributed by atoms with Crippen LogP contribution in [0.15, 0.2) is 24.3 Å². The van der Waals surface area contributed by atoms with E-state index >= 15 is 0 Å². The highest BCUT2D eigenvalue weighted by Gasteiger charge is 2.21. The van der Waals surface area contributed by atoms with E-state index in [0.717, 1.165) is 19.3 Å². The SMILES string of the molecule is CCCCc1ccc(C(=O)OC(I)C(=O)OCC)cc1. The summed E-state index contributed by atoms with van der Waals surface area (Å²) in [6.07, 6.45) is 3.27. The Hall–Kier alpha value is -1.11. The van der Waals surface area contributed by atoms with E-state index in [1.807, 2.05) is 12.1 Å². The average molecular weight is 390 g/mol. The van der Waals surface area contributed by atoms with Gasteiger partial charge >= 0.3 is 11.9 Å². The molecule has 0 aliphatic carbocycles. The minimum Gasteiger partial charge on any atom is -0.463 e. The Morgan fingerprint density at radius 3 is 2.40 bits per heavy atom. The number of unbranched alkanes of at least 4 members (excludes halogenated alkanes) is 1. The molecule has 0 saturated carbocycles. The summed E-state index contributed by atoms with van der Waals surface area (Å²) in [5, 5.41) is 0. The second-order valence-electron chi connectivity index (χ2n) is 4.27. The Morgan fingerprint density at radius 2 is 1.85 bits per heavy atom. The van der Waals surface area contributed by atoms with E-state index in [1.165, 1.54) is 5.56 Å². The lowest BCUT2D eigenvalue weighted by Gasteiger charge is -2.10. The van der Waals surface area contributed by atoms with Crippen molar-refractivity contribution in [3.8, 4) is 0 Å². The third kappa shape index (κ3) is 5.48. The van der Waals surface area contributed by atoms with Gasteiger partial charge in [-0.05, 0) is 60.1 Å². The molecule has 1 unspecified atom stereocenters. The topological polar surface area (TPSA) is 52.6 Å². The fraction of sp³-hybridized carbons (Fsp3) is 0.467. The van der Waals surface area contributed by atoms with Crippen molar-refractivity contribution in [1.29, 1.82) is 0 Å². The van der Waals surface area contributed by atoms with Gasteiger partial charge < -0.3 is 9.47 Å². The second kappa shape index (κ2) is 8.94. The number of aryl methyl sites for hydroxylation is 1. The van der Waals surface area contributed by atoms with Crippen LogP contribution in [0.1, 0.15) is 42.6 Å². The molecular formula is C15H19IO4. The molecule has 0 amide bonds. The molecule has 0 fully saturated rings. The van der Waals surface area contributed by atoms with E-state index < -0.39 is 16.0 Å². The quantitative estimate of drug-likeness (QED) is 0.406. The van der Waals surface area contributed by atoms with Gasteiger partial charge in [-0.15, -0.1) is 0 Å². The normalized spacial score (nSPS) is 11.8. The van der Waals surface area contributed by atoms with Crippen LogP contribution < -0.4 is 0 Å². The lowest BCUT2D eigenvalue weighted by atomic mass is 10.1. The van der Waals surface area contributed by atoms with E-state index in [0.29, 0.717) is 5.56 Å². The molecule has 4 nitrogen and oxygen atoms in total. The molecule has 0 aromatic heterocycles. The summed E-state index contributed by atoms with van der Waals surface area (Å²) in [7, 11) is 0. The van der Waals surface area contributed by atoms with Gasteiger partial charge in [0.05, 0.1) is 12.2 Å². The van der Waals surface area contributed by atoms with E-state index in [1.54, 1.807) is 41.6 Å². The van der Waals surface area contributed by atoms with Crippen LogP contribution in [0, 0.1) is 0 Å².